The first-order valence-corrected chi connectivity index (χ1v) is 9.67. The van der Waals surface area contributed by atoms with Crippen LogP contribution in [0, 0.1) is 0 Å². The molecule has 0 bridgehead atoms. The van der Waals surface area contributed by atoms with E-state index in [1.807, 2.05) is 48.8 Å². The highest BCUT2D eigenvalue weighted by atomic mass is 16.5. The van der Waals surface area contributed by atoms with E-state index in [1.165, 1.54) is 4.57 Å². The van der Waals surface area contributed by atoms with E-state index in [1.54, 1.807) is 11.7 Å². The van der Waals surface area contributed by atoms with Gasteiger partial charge < -0.3 is 9.30 Å². The van der Waals surface area contributed by atoms with Crippen molar-refractivity contribution in [2.24, 2.45) is 0 Å². The van der Waals surface area contributed by atoms with E-state index < -0.39 is 0 Å². The number of hydrogen-bond donors (Lipinski definition) is 0. The minimum Gasteiger partial charge on any atom is -0.497 e. The molecular formula is C21H24N4O3. The molecule has 0 saturated carbocycles. The third-order valence-corrected chi connectivity index (χ3v) is 5.13. The summed E-state index contributed by atoms with van der Waals surface area (Å²) in [6.45, 7) is 5.49. The summed E-state index contributed by atoms with van der Waals surface area (Å²) in [7, 11) is 1.64. The van der Waals surface area contributed by atoms with Crippen molar-refractivity contribution in [2.75, 3.05) is 7.11 Å². The lowest BCUT2D eigenvalue weighted by Crippen LogP contribution is -2.40. The van der Waals surface area contributed by atoms with Crippen molar-refractivity contribution in [3.63, 3.8) is 0 Å². The first-order chi connectivity index (χ1) is 13.6. The largest absolute Gasteiger partial charge is 0.497 e. The highest BCUT2D eigenvalue weighted by Gasteiger charge is 2.24. The maximum absolute atomic E-state index is 13.1. The minimum absolute atomic E-state index is 0.252. The molecule has 0 spiro atoms. The topological polar surface area (TPSA) is 71.0 Å². The summed E-state index contributed by atoms with van der Waals surface area (Å²) in [5, 5.41) is 0. The van der Waals surface area contributed by atoms with Gasteiger partial charge in [-0.2, -0.15) is 0 Å². The molecule has 3 aromatic rings. The van der Waals surface area contributed by atoms with Crippen LogP contribution < -0.4 is 16.0 Å². The average molecular weight is 380 g/mol. The quantitative estimate of drug-likeness (QED) is 0.659. The van der Waals surface area contributed by atoms with Gasteiger partial charge in [-0.15, -0.1) is 0 Å². The van der Waals surface area contributed by atoms with Crippen molar-refractivity contribution in [2.45, 2.75) is 46.3 Å². The molecule has 3 heterocycles. The van der Waals surface area contributed by atoms with Gasteiger partial charge in [0.2, 0.25) is 0 Å². The number of rotatable bonds is 6. The van der Waals surface area contributed by atoms with E-state index in [0.29, 0.717) is 30.8 Å². The van der Waals surface area contributed by atoms with E-state index in [9.17, 15) is 9.59 Å². The number of aromatic nitrogens is 4. The Balaban J connectivity index is 1.87. The maximum Gasteiger partial charge on any atom is 0.332 e. The monoisotopic (exact) mass is 380 g/mol. The fourth-order valence-electron chi connectivity index (χ4n) is 3.78. The molecule has 4 rings (SSSR count). The summed E-state index contributed by atoms with van der Waals surface area (Å²) < 4.78 is 10.1. The molecule has 2 aromatic heterocycles. The standard InChI is InChI=1S/C21H24N4O3/c1-4-10-23-19-18(20(26)24(11-5-2)21(23)27)25-13-15(12-17(25)22-19)14-6-8-16(28-3)9-7-14/h6-9,12H,4-5,10-11,13H2,1-3H3. The Hall–Kier alpha value is -3.09. The Morgan fingerprint density at radius 3 is 2.36 bits per heavy atom. The number of benzene rings is 1. The van der Waals surface area contributed by atoms with E-state index in [4.69, 9.17) is 4.74 Å². The second-order valence-corrected chi connectivity index (χ2v) is 7.02. The highest BCUT2D eigenvalue weighted by molar-refractivity contribution is 5.87. The molecule has 0 N–H and O–H groups in total. The van der Waals surface area contributed by atoms with Gasteiger partial charge in [0.05, 0.1) is 13.7 Å². The fourth-order valence-corrected chi connectivity index (χ4v) is 3.78. The summed E-state index contributed by atoms with van der Waals surface area (Å²) in [6, 6.07) is 7.84. The third-order valence-electron chi connectivity index (χ3n) is 5.13. The van der Waals surface area contributed by atoms with Crippen LogP contribution in [0.1, 0.15) is 38.1 Å². The Bertz CT molecular complexity index is 1180. The molecule has 146 valence electrons. The first kappa shape index (κ1) is 18.3. The molecule has 0 radical (unpaired) electrons. The molecular weight excluding hydrogens is 356 g/mol. The highest BCUT2D eigenvalue weighted by Crippen LogP contribution is 2.30. The lowest BCUT2D eigenvalue weighted by atomic mass is 10.1. The number of imidazole rings is 1. The van der Waals surface area contributed by atoms with E-state index in [-0.39, 0.29) is 11.2 Å². The van der Waals surface area contributed by atoms with Crippen LogP contribution in [-0.2, 0) is 19.6 Å². The summed E-state index contributed by atoms with van der Waals surface area (Å²) in [5.74, 6) is 1.52. The Morgan fingerprint density at radius 2 is 1.71 bits per heavy atom. The molecule has 1 aliphatic rings. The lowest BCUT2D eigenvalue weighted by Gasteiger charge is -2.11. The van der Waals surface area contributed by atoms with Crippen LogP contribution >= 0.6 is 0 Å². The zero-order chi connectivity index (χ0) is 19.8. The van der Waals surface area contributed by atoms with E-state index in [2.05, 4.69) is 4.98 Å². The normalized spacial score (nSPS) is 13.0. The Kier molecular flexibility index (Phi) is 4.66. The van der Waals surface area contributed by atoms with Crippen LogP contribution in [0.4, 0.5) is 0 Å². The van der Waals surface area contributed by atoms with Crippen LogP contribution in [-0.4, -0.2) is 25.8 Å². The predicted octanol–water partition coefficient (Wildman–Crippen LogP) is 2.74. The average Bonchev–Trinajstić information content (AvgIpc) is 3.26. The van der Waals surface area contributed by atoms with Crippen molar-refractivity contribution < 1.29 is 4.74 Å². The second-order valence-electron chi connectivity index (χ2n) is 7.02. The van der Waals surface area contributed by atoms with Gasteiger partial charge in [-0.25, -0.2) is 9.78 Å². The smallest absolute Gasteiger partial charge is 0.332 e. The molecule has 0 atom stereocenters. The van der Waals surface area contributed by atoms with Gasteiger partial charge in [-0.3, -0.25) is 13.9 Å². The number of fused-ring (bicyclic) bond motifs is 3. The van der Waals surface area contributed by atoms with Crippen molar-refractivity contribution in [3.05, 3.63) is 56.5 Å². The summed E-state index contributed by atoms with van der Waals surface area (Å²) in [6.07, 6.45) is 3.52. The fraction of sp³-hybridized carbons (Fsp3) is 0.381. The molecule has 0 saturated heterocycles. The zero-order valence-corrected chi connectivity index (χ0v) is 16.4. The number of nitrogens with zero attached hydrogens (tertiary/aromatic N) is 4. The van der Waals surface area contributed by atoms with Crippen molar-refractivity contribution in [3.8, 4) is 5.75 Å². The van der Waals surface area contributed by atoms with Gasteiger partial charge in [0.15, 0.2) is 11.2 Å². The van der Waals surface area contributed by atoms with Crippen LogP contribution in [0.25, 0.3) is 22.8 Å². The Labute approximate surface area is 162 Å². The number of hydrogen-bond acceptors (Lipinski definition) is 4. The second kappa shape index (κ2) is 7.14. The Morgan fingerprint density at radius 1 is 1.04 bits per heavy atom. The molecule has 0 amide bonds. The maximum atomic E-state index is 13.1. The van der Waals surface area contributed by atoms with Gasteiger partial charge in [0.25, 0.3) is 5.56 Å². The van der Waals surface area contributed by atoms with Gasteiger partial charge in [0, 0.05) is 13.1 Å². The summed E-state index contributed by atoms with van der Waals surface area (Å²) in [4.78, 5) is 30.6. The third kappa shape index (κ3) is 2.78. The predicted molar refractivity (Wildman–Crippen MR) is 110 cm³/mol. The molecule has 0 unspecified atom stereocenters. The number of methoxy groups -OCH3 is 1. The number of allylic oxidation sites excluding steroid dienone is 1. The van der Waals surface area contributed by atoms with Crippen molar-refractivity contribution >= 4 is 22.8 Å². The SMILES string of the molecule is CCCn1c(=O)c2c(nc3n2CC(c2ccc(OC)cc2)=C3)n(CCC)c1=O. The van der Waals surface area contributed by atoms with Crippen LogP contribution in [0.2, 0.25) is 0 Å². The molecule has 0 fully saturated rings. The molecule has 1 aliphatic heterocycles. The van der Waals surface area contributed by atoms with Crippen molar-refractivity contribution in [1.82, 2.24) is 18.7 Å². The van der Waals surface area contributed by atoms with Crippen molar-refractivity contribution in [1.29, 1.82) is 0 Å². The lowest BCUT2D eigenvalue weighted by molar-refractivity contribution is 0.415. The van der Waals surface area contributed by atoms with Gasteiger partial charge >= 0.3 is 5.69 Å². The van der Waals surface area contributed by atoms with Crippen LogP contribution in [0.15, 0.2) is 33.9 Å². The summed E-state index contributed by atoms with van der Waals surface area (Å²) >= 11 is 0. The molecule has 7 nitrogen and oxygen atoms in total. The summed E-state index contributed by atoms with van der Waals surface area (Å²) in [5.41, 5.74) is 2.63. The van der Waals surface area contributed by atoms with Gasteiger partial charge in [-0.05, 0) is 42.2 Å². The molecule has 1 aromatic carbocycles. The first-order valence-electron chi connectivity index (χ1n) is 9.67. The van der Waals surface area contributed by atoms with Crippen LogP contribution in [0.3, 0.4) is 0 Å². The van der Waals surface area contributed by atoms with Gasteiger partial charge in [-0.1, -0.05) is 26.0 Å². The van der Waals surface area contributed by atoms with Gasteiger partial charge in [0.1, 0.15) is 11.6 Å². The molecule has 7 heteroatoms. The number of ether oxygens (including phenoxy) is 1. The minimum atomic E-state index is -0.266. The molecule has 0 aliphatic carbocycles. The number of aryl methyl sites for hydroxylation is 1. The molecule has 28 heavy (non-hydrogen) atoms. The van der Waals surface area contributed by atoms with E-state index in [0.717, 1.165) is 35.6 Å². The van der Waals surface area contributed by atoms with E-state index >= 15 is 0 Å². The zero-order valence-electron chi connectivity index (χ0n) is 16.4. The van der Waals surface area contributed by atoms with Crippen LogP contribution in [0.5, 0.6) is 5.75 Å².